The van der Waals surface area contributed by atoms with E-state index in [4.69, 9.17) is 22.9 Å². The number of rotatable bonds is 6. The van der Waals surface area contributed by atoms with Gasteiger partial charge in [-0.05, 0) is 65.5 Å². The molecular formula is C23H30F6N4. The Balaban J connectivity index is 2.46. The van der Waals surface area contributed by atoms with Crippen molar-refractivity contribution in [3.05, 3.63) is 46.0 Å². The molecule has 0 aliphatic heterocycles. The quantitative estimate of drug-likeness (QED) is 0.270. The van der Waals surface area contributed by atoms with E-state index in [-0.39, 0.29) is 52.3 Å². The maximum Gasteiger partial charge on any atom is 0.417 e. The van der Waals surface area contributed by atoms with E-state index in [1.54, 1.807) is 27.7 Å². The van der Waals surface area contributed by atoms with Gasteiger partial charge in [0.1, 0.15) is 0 Å². The molecule has 2 atom stereocenters. The number of alkyl halides is 6. The molecule has 184 valence electrons. The lowest BCUT2D eigenvalue weighted by atomic mass is 9.81. The van der Waals surface area contributed by atoms with Gasteiger partial charge >= 0.3 is 12.4 Å². The molecule has 0 heterocycles. The highest BCUT2D eigenvalue weighted by atomic mass is 19.4. The van der Waals surface area contributed by atoms with Crippen LogP contribution in [0.2, 0.25) is 0 Å². The standard InChI is InChI=1S/C23H30F6N4/c1-10(2)18-16(32)9-17(33)20(21(18)23(27,28)29)12(4)6-5-11(3)19-14(22(24,25)26)7-13(30)8-15(19)31/h7-12H,5-6,30-33H2,1-4H3. The summed E-state index contributed by atoms with van der Waals surface area (Å²) in [6, 6.07) is 3.39. The van der Waals surface area contributed by atoms with E-state index < -0.39 is 41.2 Å². The summed E-state index contributed by atoms with van der Waals surface area (Å²) in [7, 11) is 0. The number of hydrogen-bond donors (Lipinski definition) is 4. The fourth-order valence-electron chi connectivity index (χ4n) is 4.49. The zero-order chi connectivity index (χ0) is 25.5. The minimum absolute atomic E-state index is 0.0336. The summed E-state index contributed by atoms with van der Waals surface area (Å²) in [6.45, 7) is 6.34. The van der Waals surface area contributed by atoms with Gasteiger partial charge in [0.05, 0.1) is 11.1 Å². The van der Waals surface area contributed by atoms with E-state index in [1.807, 2.05) is 0 Å². The molecular weight excluding hydrogens is 446 g/mol. The van der Waals surface area contributed by atoms with Crippen LogP contribution in [0.3, 0.4) is 0 Å². The minimum atomic E-state index is -4.69. The number of benzene rings is 2. The highest BCUT2D eigenvalue weighted by molar-refractivity contribution is 5.68. The molecule has 8 N–H and O–H groups in total. The van der Waals surface area contributed by atoms with Gasteiger partial charge in [-0.15, -0.1) is 0 Å². The molecule has 33 heavy (non-hydrogen) atoms. The Morgan fingerprint density at radius 1 is 0.636 bits per heavy atom. The number of hydrogen-bond acceptors (Lipinski definition) is 4. The van der Waals surface area contributed by atoms with Crippen molar-refractivity contribution in [2.24, 2.45) is 0 Å². The number of nitrogen functional groups attached to an aromatic ring is 4. The van der Waals surface area contributed by atoms with E-state index in [9.17, 15) is 26.3 Å². The van der Waals surface area contributed by atoms with Crippen molar-refractivity contribution in [1.29, 1.82) is 0 Å². The highest BCUT2D eigenvalue weighted by Gasteiger charge is 2.40. The first-order valence-electron chi connectivity index (χ1n) is 10.5. The van der Waals surface area contributed by atoms with Gasteiger partial charge < -0.3 is 22.9 Å². The first kappa shape index (κ1) is 26.5. The van der Waals surface area contributed by atoms with Gasteiger partial charge in [-0.2, -0.15) is 26.3 Å². The van der Waals surface area contributed by atoms with Crippen molar-refractivity contribution in [3.63, 3.8) is 0 Å². The summed E-state index contributed by atoms with van der Waals surface area (Å²) in [6.07, 6.45) is -9.06. The molecule has 2 aromatic carbocycles. The van der Waals surface area contributed by atoms with Crippen LogP contribution in [0, 0.1) is 0 Å². The van der Waals surface area contributed by atoms with Crippen LogP contribution in [0.25, 0.3) is 0 Å². The molecule has 0 aromatic heterocycles. The summed E-state index contributed by atoms with van der Waals surface area (Å²) in [4.78, 5) is 0. The van der Waals surface area contributed by atoms with Crippen molar-refractivity contribution >= 4 is 22.7 Å². The van der Waals surface area contributed by atoms with Crippen molar-refractivity contribution in [3.8, 4) is 0 Å². The molecule has 10 heteroatoms. The largest absolute Gasteiger partial charge is 0.417 e. The Hall–Kier alpha value is -2.78. The maximum atomic E-state index is 14.1. The Kier molecular flexibility index (Phi) is 7.40. The van der Waals surface area contributed by atoms with E-state index in [0.29, 0.717) is 0 Å². The molecule has 0 saturated heterocycles. The van der Waals surface area contributed by atoms with Gasteiger partial charge in [0, 0.05) is 22.7 Å². The molecule has 0 aliphatic rings. The normalized spacial score (nSPS) is 14.5. The van der Waals surface area contributed by atoms with Crippen molar-refractivity contribution in [2.75, 3.05) is 22.9 Å². The van der Waals surface area contributed by atoms with Crippen LogP contribution in [0.1, 0.15) is 86.1 Å². The van der Waals surface area contributed by atoms with Crippen LogP contribution in [-0.4, -0.2) is 0 Å². The third-order valence-electron chi connectivity index (χ3n) is 5.89. The molecule has 4 nitrogen and oxygen atoms in total. The van der Waals surface area contributed by atoms with E-state index in [2.05, 4.69) is 0 Å². The number of anilines is 4. The lowest BCUT2D eigenvalue weighted by Crippen LogP contribution is -2.19. The Bertz CT molecular complexity index is 1010. The summed E-state index contributed by atoms with van der Waals surface area (Å²) < 4.78 is 82.9. The smallest absolute Gasteiger partial charge is 0.399 e. The lowest BCUT2D eigenvalue weighted by molar-refractivity contribution is -0.139. The minimum Gasteiger partial charge on any atom is -0.399 e. The van der Waals surface area contributed by atoms with Gasteiger partial charge in [0.25, 0.3) is 0 Å². The van der Waals surface area contributed by atoms with Gasteiger partial charge in [0.15, 0.2) is 0 Å². The van der Waals surface area contributed by atoms with E-state index >= 15 is 0 Å². The van der Waals surface area contributed by atoms with Crippen molar-refractivity contribution in [2.45, 2.75) is 70.6 Å². The van der Waals surface area contributed by atoms with Crippen LogP contribution in [0.4, 0.5) is 49.1 Å². The van der Waals surface area contributed by atoms with Crippen molar-refractivity contribution in [1.82, 2.24) is 0 Å². The second-order valence-electron chi connectivity index (χ2n) is 8.86. The van der Waals surface area contributed by atoms with E-state index in [1.165, 1.54) is 12.1 Å². The van der Waals surface area contributed by atoms with Gasteiger partial charge in [0.2, 0.25) is 0 Å². The van der Waals surface area contributed by atoms with Crippen LogP contribution >= 0.6 is 0 Å². The molecule has 2 aromatic rings. The summed E-state index contributed by atoms with van der Waals surface area (Å²) in [5, 5.41) is 0. The van der Waals surface area contributed by atoms with Crippen LogP contribution in [0.15, 0.2) is 18.2 Å². The zero-order valence-electron chi connectivity index (χ0n) is 19.0. The summed E-state index contributed by atoms with van der Waals surface area (Å²) in [5.41, 5.74) is 20.8. The van der Waals surface area contributed by atoms with Crippen molar-refractivity contribution < 1.29 is 26.3 Å². The zero-order valence-corrected chi connectivity index (χ0v) is 19.0. The number of halogens is 6. The molecule has 0 radical (unpaired) electrons. The molecule has 2 rings (SSSR count). The third kappa shape index (κ3) is 5.59. The Morgan fingerprint density at radius 2 is 1.09 bits per heavy atom. The van der Waals surface area contributed by atoms with Gasteiger partial charge in [-0.1, -0.05) is 27.7 Å². The predicted molar refractivity (Wildman–Crippen MR) is 121 cm³/mol. The maximum absolute atomic E-state index is 14.1. The highest BCUT2D eigenvalue weighted by Crippen LogP contribution is 2.47. The molecule has 0 aliphatic carbocycles. The summed E-state index contributed by atoms with van der Waals surface area (Å²) in [5.74, 6) is -1.87. The Labute approximate surface area is 189 Å². The topological polar surface area (TPSA) is 104 Å². The predicted octanol–water partition coefficient (Wildman–Crippen LogP) is 6.86. The first-order chi connectivity index (χ1) is 15.0. The molecule has 0 amide bonds. The van der Waals surface area contributed by atoms with Gasteiger partial charge in [-0.3, -0.25) is 0 Å². The average molecular weight is 477 g/mol. The average Bonchev–Trinajstić information content (AvgIpc) is 2.62. The summed E-state index contributed by atoms with van der Waals surface area (Å²) >= 11 is 0. The van der Waals surface area contributed by atoms with E-state index in [0.717, 1.165) is 6.07 Å². The van der Waals surface area contributed by atoms with Gasteiger partial charge in [-0.25, -0.2) is 0 Å². The SMILES string of the molecule is CC(C)c1c(N)cc(N)c(C(C)CCC(C)c2c(N)cc(N)cc2C(F)(F)F)c1C(F)(F)F. The molecule has 0 spiro atoms. The monoisotopic (exact) mass is 476 g/mol. The second kappa shape index (κ2) is 9.23. The first-order valence-corrected chi connectivity index (χ1v) is 10.5. The Morgan fingerprint density at radius 3 is 1.55 bits per heavy atom. The molecule has 0 fully saturated rings. The van der Waals surface area contributed by atoms with Crippen LogP contribution < -0.4 is 22.9 Å². The lowest BCUT2D eigenvalue weighted by Gasteiger charge is -2.27. The number of nitrogens with two attached hydrogens (primary N) is 4. The molecule has 0 saturated carbocycles. The second-order valence-corrected chi connectivity index (χ2v) is 8.86. The van der Waals surface area contributed by atoms with Crippen LogP contribution in [0.5, 0.6) is 0 Å². The fourth-order valence-corrected chi connectivity index (χ4v) is 4.49. The fraction of sp³-hybridized carbons (Fsp3) is 0.478. The van der Waals surface area contributed by atoms with Crippen LogP contribution in [-0.2, 0) is 12.4 Å². The third-order valence-corrected chi connectivity index (χ3v) is 5.89. The molecule has 2 unspecified atom stereocenters. The molecule has 0 bridgehead atoms.